The SMILES string of the molecule is C.C.COC(=O)N[C@H](C(=O)N1CCC[C@H]1C(=O)Cc1ccc2cc(-c3ccc(NC(=O)[C@@H]4CCCN4C(=O)[C@@H](NC(=O)OC)C(C)C)cc3)ccc2c1)C(C)C.COC(=O)N[C@H](C(=O)N1CCC[C@H]1C(=O)Nc1ccc(-c2ccc3cc(CC(=O)[C@@H]4CCCN4C(=O)CP)ccc3c2)cc1)C(C)C.[2H][V]([I])[I].[CH3-].[F][V]([I])([I])[I].[F][V]([I])([I])[I].[I][V]([I])[I]. The van der Waals surface area contributed by atoms with E-state index in [9.17, 15) is 59.6 Å². The van der Waals surface area contributed by atoms with E-state index in [0.717, 1.165) is 74.2 Å². The number of hydrogen-bond acceptors (Lipinski definition) is 14. The van der Waals surface area contributed by atoms with Gasteiger partial charge in [0.15, 0.2) is 11.6 Å². The van der Waals surface area contributed by atoms with Gasteiger partial charge in [0.05, 0.1) is 33.4 Å². The van der Waals surface area contributed by atoms with Gasteiger partial charge in [0.25, 0.3) is 0 Å². The molecular weight excluding hydrogens is 2980 g/mol. The molecule has 0 spiro atoms. The molecule has 4 fully saturated rings. The Morgan fingerprint density at radius 2 is 0.711 bits per heavy atom. The van der Waals surface area contributed by atoms with Gasteiger partial charge in [0.1, 0.15) is 30.2 Å². The zero-order valence-corrected chi connectivity index (χ0v) is 97.2. The molecule has 23 nitrogen and oxygen atoms in total. The van der Waals surface area contributed by atoms with Crippen LogP contribution in [-0.2, 0) is 88.2 Å². The first-order valence-electron chi connectivity index (χ1n) is 37.4. The van der Waals surface area contributed by atoms with Crippen LogP contribution in [0.5, 0.6) is 0 Å². The number of anilines is 2. The number of nitrogens with one attached hydrogen (secondary N) is 5. The van der Waals surface area contributed by atoms with Gasteiger partial charge in [-0.2, -0.15) is 0 Å². The number of hydrogen-bond donors (Lipinski definition) is 5. The molecule has 0 radical (unpaired) electrons. The summed E-state index contributed by atoms with van der Waals surface area (Å²) in [6.45, 7) is 13.0. The summed E-state index contributed by atoms with van der Waals surface area (Å²) in [6, 6.07) is 34.8. The molecule has 0 aliphatic carbocycles. The number of benzene rings is 6. The summed E-state index contributed by atoms with van der Waals surface area (Å²) in [6.07, 6.45) is 4.10. The Bertz CT molecular complexity index is 4440. The molecule has 10 rings (SSSR count). The number of methoxy groups -OCH3 is 3. The molecular formula is C80H106F2I11N9O14PV4-. The third kappa shape index (κ3) is 40.4. The average Bonchev–Trinajstić information content (AvgIpc) is 1.33. The van der Waals surface area contributed by atoms with Crippen LogP contribution in [0, 0.1) is 25.2 Å². The standard InChI is InChI=1S/C41H51N5O8.C36H43N4O6P.2CH4.CH3.2FH.11HI.4V.H/c1-24(2)35(43-40(51)53-5)38(49)45-19-7-9-32(45)34(47)22-26-11-12-30-23-29(14-13-28(30)21-26)27-15-17-31(18-16-27)42-37(48)33-10-8-20-46(33)39(50)36(25(3)4)44-41(52)54-6;1-22(2)33(38-36(45)46-3)35(44)40-17-5-7-30(40)34(43)37-28-14-12-24(13-15-28)26-11-10-25-18-23(8-9-27(25)20-26)19-31(41)29-6-4-16-39(29)32(42)21-47;;;;;;;;;;;;;;;;;;;;;/h11-18,21,23-25,32-33,35-36H,7-10,19-20,22H2,1-6H3,(H,42,48)(H,43,51)(H,44,52);8-15,18,20,22,29-30,33H,4-7,16-17,19,21,47H2,1-3H3,(H,37,43)(H,38,45);2*1H4;1H3;13*1H;;;;;/q;;;;-1;;;;;;;;;;;;;;+2;+3;2*+4;/p-13/t32-,33-,35-,36-;29-,30-,33-;;;;;;;;;;;;;;;;;;;;;/m00...................../s1/i;;;;;;;;;;;;;;;;;;;;;;1+1. The quantitative estimate of drug-likeness (QED) is 0.0183. The molecule has 0 bridgehead atoms. The number of alkyl carbamates (subject to hydrolysis) is 3. The van der Waals surface area contributed by atoms with E-state index in [1.165, 1.54) is 21.3 Å². The normalized spacial score (nSPS) is 16.7. The summed E-state index contributed by atoms with van der Waals surface area (Å²) in [5.41, 5.74) is 6.95. The van der Waals surface area contributed by atoms with Crippen molar-refractivity contribution in [1.29, 1.82) is 0.879 Å². The molecule has 6 aromatic rings. The number of fused-ring (bicyclic) bond motifs is 2. The number of halogens is 13. The van der Waals surface area contributed by atoms with Crippen molar-refractivity contribution in [2.45, 2.75) is 163 Å². The molecule has 8 atom stereocenters. The molecule has 5 N–H and O–H groups in total. The average molecular weight is 3090 g/mol. The van der Waals surface area contributed by atoms with Gasteiger partial charge in [-0.1, -0.05) is 141 Å². The van der Waals surface area contributed by atoms with Crippen molar-refractivity contribution in [2.75, 3.05) is 64.3 Å². The van der Waals surface area contributed by atoms with E-state index in [1.807, 2.05) is 271 Å². The van der Waals surface area contributed by atoms with Crippen molar-refractivity contribution in [3.63, 3.8) is 0 Å². The van der Waals surface area contributed by atoms with Gasteiger partial charge >= 0.3 is 269 Å². The van der Waals surface area contributed by atoms with Crippen LogP contribution in [0.15, 0.2) is 121 Å². The fourth-order valence-electron chi connectivity index (χ4n) is 13.9. The number of carbonyl (C=O) groups excluding carboxylic acids is 11. The number of amides is 9. The Morgan fingerprint density at radius 3 is 0.992 bits per heavy atom. The van der Waals surface area contributed by atoms with Gasteiger partial charge in [0, 0.05) is 56.6 Å². The molecule has 4 aliphatic rings. The van der Waals surface area contributed by atoms with Gasteiger partial charge in [-0.25, -0.2) is 14.4 Å². The van der Waals surface area contributed by atoms with E-state index in [2.05, 4.69) is 153 Å². The van der Waals surface area contributed by atoms with Crippen LogP contribution < -0.4 is 26.6 Å². The maximum absolute atomic E-state index is 13.5. The second-order valence-corrected chi connectivity index (χ2v) is 157. The number of ketones is 2. The van der Waals surface area contributed by atoms with Crippen LogP contribution in [0.4, 0.5) is 32.6 Å². The van der Waals surface area contributed by atoms with Crippen LogP contribution in [0.1, 0.15) is 119 Å². The van der Waals surface area contributed by atoms with E-state index < -0.39 is 72.4 Å². The monoisotopic (exact) mass is 3090 g/mol. The predicted octanol–water partition coefficient (Wildman–Crippen LogP) is 22.1. The molecule has 4 heterocycles. The number of rotatable bonds is 22. The maximum atomic E-state index is 13.5. The molecule has 121 heavy (non-hydrogen) atoms. The predicted molar refractivity (Wildman–Crippen MR) is 567 cm³/mol. The second-order valence-electron chi connectivity index (χ2n) is 28.3. The summed E-state index contributed by atoms with van der Waals surface area (Å²) in [5.74, 6) is -1.91. The van der Waals surface area contributed by atoms with Crippen LogP contribution in [-0.4, -0.2) is 182 Å². The van der Waals surface area contributed by atoms with Crippen LogP contribution >= 0.6 is 229 Å². The fourth-order valence-corrected chi connectivity index (χ4v) is 14.1. The zero-order valence-electron chi connectivity index (χ0n) is 67.7. The van der Waals surface area contributed by atoms with Gasteiger partial charge < -0.3 is 67.8 Å². The molecule has 9 amide bonds. The minimum atomic E-state index is -2.47. The topological polar surface area (TPSA) is 289 Å². The van der Waals surface area contributed by atoms with Crippen molar-refractivity contribution >= 4 is 327 Å². The molecule has 41 heteroatoms. The molecule has 1 unspecified atom stereocenters. The fraction of sp³-hybridized carbons (Fsp3) is 0.450. The Kier molecular flexibility index (Phi) is 56.5. The number of carbonyl (C=O) groups is 11. The number of likely N-dealkylation sites (tertiary alicyclic amines) is 4. The Hall–Kier alpha value is 0.468. The summed E-state index contributed by atoms with van der Waals surface area (Å²) in [5, 5.41) is 17.8. The van der Waals surface area contributed by atoms with E-state index in [4.69, 9.17) is 10.4 Å². The van der Waals surface area contributed by atoms with Crippen molar-refractivity contribution in [3.05, 3.63) is 140 Å². The molecule has 6 aromatic carbocycles. The van der Waals surface area contributed by atoms with Crippen LogP contribution in [0.25, 0.3) is 43.8 Å². The van der Waals surface area contributed by atoms with Gasteiger partial charge in [-0.05, 0) is 160 Å². The molecule has 4 aliphatic heterocycles. The minimum absolute atomic E-state index is 0. The first-order valence-corrected chi connectivity index (χ1v) is 88.4. The molecule has 672 valence electrons. The van der Waals surface area contributed by atoms with E-state index in [0.29, 0.717) is 82.2 Å². The Labute approximate surface area is 853 Å². The first kappa shape index (κ1) is 116. The van der Waals surface area contributed by atoms with Crippen LogP contribution in [0.2, 0.25) is 0 Å². The number of ether oxygens (including phenoxy) is 3. The number of nitrogens with zero attached hydrogens (tertiary/aromatic N) is 4. The Balaban J connectivity index is 0.000000677. The van der Waals surface area contributed by atoms with E-state index >= 15 is 0 Å². The summed E-state index contributed by atoms with van der Waals surface area (Å²) in [7, 11) is 5.19. The van der Waals surface area contributed by atoms with Crippen molar-refractivity contribution < 1.29 is 96.5 Å². The van der Waals surface area contributed by atoms with Crippen LogP contribution in [0.3, 0.4) is 0 Å². The van der Waals surface area contributed by atoms with Gasteiger partial charge in [0.2, 0.25) is 35.4 Å². The molecule has 0 saturated carbocycles. The van der Waals surface area contributed by atoms with Crippen molar-refractivity contribution in [3.8, 4) is 22.3 Å². The molecule has 0 aromatic heterocycles. The summed E-state index contributed by atoms with van der Waals surface area (Å²) < 4.78 is 39.5. The Morgan fingerprint density at radius 1 is 0.463 bits per heavy atom. The first-order chi connectivity index (χ1) is 55.9. The number of Topliss-reactive ketones (excluding diaryl/α,β-unsaturated/α-hetero) is 2. The third-order valence-corrected chi connectivity index (χ3v) is 19.8. The molecule has 4 saturated heterocycles. The summed E-state index contributed by atoms with van der Waals surface area (Å²) >= 11 is 22.8. The van der Waals surface area contributed by atoms with Gasteiger partial charge in [-0.3, -0.25) is 38.4 Å². The third-order valence-electron chi connectivity index (χ3n) is 19.4. The van der Waals surface area contributed by atoms with E-state index in [-0.39, 0.29) is 104 Å². The second kappa shape index (κ2) is 59.2. The zero-order chi connectivity index (χ0) is 88.9. The van der Waals surface area contributed by atoms with Gasteiger partial charge in [-0.15, -0.1) is 9.24 Å². The van der Waals surface area contributed by atoms with E-state index in [1.54, 1.807) is 19.6 Å². The summed E-state index contributed by atoms with van der Waals surface area (Å²) in [4.78, 5) is 147. The van der Waals surface area contributed by atoms with Crippen molar-refractivity contribution in [2.24, 2.45) is 17.8 Å². The van der Waals surface area contributed by atoms with Crippen molar-refractivity contribution in [1.82, 2.24) is 35.6 Å².